The van der Waals surface area contributed by atoms with Gasteiger partial charge < -0.3 is 20.3 Å². The molecule has 0 aliphatic carbocycles. The molecule has 1 unspecified atom stereocenters. The van der Waals surface area contributed by atoms with Gasteiger partial charge in [-0.2, -0.15) is 5.26 Å². The molecule has 2 aromatic rings. The Morgan fingerprint density at radius 2 is 1.73 bits per heavy atom. The second kappa shape index (κ2) is 8.41. The molecule has 1 aliphatic heterocycles. The number of ether oxygens (including phenoxy) is 2. The van der Waals surface area contributed by atoms with Crippen molar-refractivity contribution in [2.75, 3.05) is 19.1 Å². The summed E-state index contributed by atoms with van der Waals surface area (Å²) in [6.45, 7) is 0. The maximum atomic E-state index is 12.9. The molecule has 0 radical (unpaired) electrons. The molecule has 8 heteroatoms. The lowest BCUT2D eigenvalue weighted by atomic mass is 9.81. The van der Waals surface area contributed by atoms with Crippen LogP contribution in [0.2, 0.25) is 0 Å². The lowest BCUT2D eigenvalue weighted by Gasteiger charge is -2.35. The van der Waals surface area contributed by atoms with Crippen molar-refractivity contribution in [3.05, 3.63) is 82.8 Å². The molecule has 0 saturated carbocycles. The second-order valence-corrected chi connectivity index (χ2v) is 6.36. The van der Waals surface area contributed by atoms with Crippen molar-refractivity contribution in [2.24, 2.45) is 5.73 Å². The lowest BCUT2D eigenvalue weighted by molar-refractivity contribution is -0.139. The molecule has 30 heavy (non-hydrogen) atoms. The Morgan fingerprint density at radius 3 is 2.30 bits per heavy atom. The topological polar surface area (TPSA) is 126 Å². The zero-order chi connectivity index (χ0) is 21.8. The van der Waals surface area contributed by atoms with Crippen molar-refractivity contribution < 1.29 is 24.2 Å². The highest BCUT2D eigenvalue weighted by molar-refractivity contribution is 6.06. The predicted molar refractivity (Wildman–Crippen MR) is 108 cm³/mol. The maximum absolute atomic E-state index is 12.9. The highest BCUT2D eigenvalue weighted by Gasteiger charge is 2.42. The number of nitriles is 1. The third-order valence-corrected chi connectivity index (χ3v) is 4.70. The number of hydrogen-bond acceptors (Lipinski definition) is 8. The summed E-state index contributed by atoms with van der Waals surface area (Å²) in [5.41, 5.74) is 6.95. The zero-order valence-electron chi connectivity index (χ0n) is 16.3. The summed E-state index contributed by atoms with van der Waals surface area (Å²) in [6.07, 6.45) is 0. The highest BCUT2D eigenvalue weighted by atomic mass is 16.5. The Labute approximate surface area is 173 Å². The van der Waals surface area contributed by atoms with Gasteiger partial charge in [0.2, 0.25) is 0 Å². The van der Waals surface area contributed by atoms with Crippen LogP contribution in [-0.2, 0) is 19.1 Å². The third-order valence-electron chi connectivity index (χ3n) is 4.70. The highest BCUT2D eigenvalue weighted by Crippen LogP contribution is 2.43. The number of benzene rings is 2. The van der Waals surface area contributed by atoms with Crippen molar-refractivity contribution in [3.8, 4) is 11.8 Å². The Kier molecular flexibility index (Phi) is 5.74. The van der Waals surface area contributed by atoms with E-state index in [0.717, 1.165) is 0 Å². The van der Waals surface area contributed by atoms with E-state index in [1.165, 1.54) is 31.3 Å². The molecule has 0 saturated heterocycles. The summed E-state index contributed by atoms with van der Waals surface area (Å²) >= 11 is 0. The first-order valence-corrected chi connectivity index (χ1v) is 8.89. The van der Waals surface area contributed by atoms with Gasteiger partial charge in [-0.1, -0.05) is 36.4 Å². The summed E-state index contributed by atoms with van der Waals surface area (Å²) in [5.74, 6) is -2.75. The molecular weight excluding hydrogens is 386 g/mol. The number of rotatable bonds is 4. The molecule has 0 fully saturated rings. The van der Waals surface area contributed by atoms with E-state index in [9.17, 15) is 20.0 Å². The smallest absolute Gasteiger partial charge is 0.355 e. The SMILES string of the molecule is COC(=O)C1=C(C(=O)OC)N(c2cccc(O)c2)C(N)=C(C#N)C1c1ccccc1. The molecule has 3 rings (SSSR count). The van der Waals surface area contributed by atoms with Crippen LogP contribution in [0.15, 0.2) is 77.3 Å². The fraction of sp³-hybridized carbons (Fsp3) is 0.136. The Hall–Kier alpha value is -4.25. The number of anilines is 1. The van der Waals surface area contributed by atoms with Gasteiger partial charge in [-0.3, -0.25) is 4.90 Å². The average Bonchev–Trinajstić information content (AvgIpc) is 2.77. The van der Waals surface area contributed by atoms with Crippen molar-refractivity contribution in [2.45, 2.75) is 5.92 Å². The molecular formula is C22H19N3O5. The number of carbonyl (C=O) groups is 2. The van der Waals surface area contributed by atoms with Crippen LogP contribution in [-0.4, -0.2) is 31.3 Å². The van der Waals surface area contributed by atoms with E-state index in [-0.39, 0.29) is 34.1 Å². The monoisotopic (exact) mass is 405 g/mol. The number of allylic oxidation sites excluding steroid dienone is 1. The first kappa shape index (κ1) is 20.5. The number of methoxy groups -OCH3 is 2. The molecule has 0 amide bonds. The van der Waals surface area contributed by atoms with Crippen molar-refractivity contribution in [3.63, 3.8) is 0 Å². The lowest BCUT2D eigenvalue weighted by Crippen LogP contribution is -2.40. The third kappa shape index (κ3) is 3.44. The number of phenolic OH excluding ortho intramolecular Hbond substituents is 1. The van der Waals surface area contributed by atoms with Gasteiger partial charge in [0.1, 0.15) is 17.3 Å². The van der Waals surface area contributed by atoms with Gasteiger partial charge in [0.15, 0.2) is 0 Å². The van der Waals surface area contributed by atoms with E-state index in [2.05, 4.69) is 6.07 Å². The Bertz CT molecular complexity index is 1100. The Morgan fingerprint density at radius 1 is 1.07 bits per heavy atom. The molecule has 0 spiro atoms. The fourth-order valence-corrected chi connectivity index (χ4v) is 3.41. The van der Waals surface area contributed by atoms with Gasteiger partial charge in [0.05, 0.1) is 43.0 Å². The number of phenols is 1. The predicted octanol–water partition coefficient (Wildman–Crippen LogP) is 2.29. The fourth-order valence-electron chi connectivity index (χ4n) is 3.41. The molecule has 1 atom stereocenters. The van der Waals surface area contributed by atoms with E-state index in [1.54, 1.807) is 42.5 Å². The summed E-state index contributed by atoms with van der Waals surface area (Å²) in [7, 11) is 2.35. The molecule has 8 nitrogen and oxygen atoms in total. The summed E-state index contributed by atoms with van der Waals surface area (Å²) in [5, 5.41) is 19.8. The number of nitrogens with two attached hydrogens (primary N) is 1. The van der Waals surface area contributed by atoms with Crippen molar-refractivity contribution in [1.29, 1.82) is 5.26 Å². The largest absolute Gasteiger partial charge is 0.508 e. The Balaban J connectivity index is 2.41. The van der Waals surface area contributed by atoms with Gasteiger partial charge in [-0.05, 0) is 17.7 Å². The van der Waals surface area contributed by atoms with Gasteiger partial charge in [-0.25, -0.2) is 9.59 Å². The van der Waals surface area contributed by atoms with Gasteiger partial charge in [-0.15, -0.1) is 0 Å². The van der Waals surface area contributed by atoms with Crippen molar-refractivity contribution >= 4 is 17.6 Å². The van der Waals surface area contributed by atoms with Gasteiger partial charge in [0.25, 0.3) is 0 Å². The quantitative estimate of drug-likeness (QED) is 0.742. The average molecular weight is 405 g/mol. The minimum atomic E-state index is -0.939. The van der Waals surface area contributed by atoms with Crippen LogP contribution in [0.5, 0.6) is 5.75 Å². The van der Waals surface area contributed by atoms with E-state index in [4.69, 9.17) is 15.2 Å². The number of nitrogens with zero attached hydrogens (tertiary/aromatic N) is 2. The molecule has 2 aromatic carbocycles. The minimum Gasteiger partial charge on any atom is -0.508 e. The van der Waals surface area contributed by atoms with Crippen LogP contribution in [0.1, 0.15) is 11.5 Å². The zero-order valence-corrected chi connectivity index (χ0v) is 16.3. The van der Waals surface area contributed by atoms with E-state index >= 15 is 0 Å². The summed E-state index contributed by atoms with van der Waals surface area (Å²) in [6, 6.07) is 16.7. The standard InChI is InChI=1S/C22H19N3O5/c1-29-21(27)18-17(13-7-4-3-5-8-13)16(12-23)20(24)25(19(18)22(28)30-2)14-9-6-10-15(26)11-14/h3-11,17,26H,24H2,1-2H3. The van der Waals surface area contributed by atoms with Crippen LogP contribution < -0.4 is 10.6 Å². The normalized spacial score (nSPS) is 16.2. The van der Waals surface area contributed by atoms with E-state index in [0.29, 0.717) is 5.56 Å². The van der Waals surface area contributed by atoms with Crippen molar-refractivity contribution in [1.82, 2.24) is 0 Å². The molecule has 152 valence electrons. The van der Waals surface area contributed by atoms with E-state index in [1.807, 2.05) is 0 Å². The number of esters is 2. The first-order valence-electron chi connectivity index (χ1n) is 8.89. The summed E-state index contributed by atoms with van der Waals surface area (Å²) in [4.78, 5) is 26.9. The molecule has 1 heterocycles. The minimum absolute atomic E-state index is 0.0533. The van der Waals surface area contributed by atoms with Crippen LogP contribution in [0, 0.1) is 11.3 Å². The first-order chi connectivity index (χ1) is 14.4. The summed E-state index contributed by atoms with van der Waals surface area (Å²) < 4.78 is 9.88. The second-order valence-electron chi connectivity index (χ2n) is 6.36. The van der Waals surface area contributed by atoms with Gasteiger partial charge >= 0.3 is 11.9 Å². The van der Waals surface area contributed by atoms with Crippen LogP contribution >= 0.6 is 0 Å². The van der Waals surface area contributed by atoms with Crippen LogP contribution in [0.4, 0.5) is 5.69 Å². The van der Waals surface area contributed by atoms with Gasteiger partial charge in [0, 0.05) is 6.07 Å². The number of carbonyl (C=O) groups excluding carboxylic acids is 2. The molecule has 0 aromatic heterocycles. The number of hydrogen-bond donors (Lipinski definition) is 2. The van der Waals surface area contributed by atoms with Crippen LogP contribution in [0.25, 0.3) is 0 Å². The molecule has 3 N–H and O–H groups in total. The molecule has 0 bridgehead atoms. The van der Waals surface area contributed by atoms with E-state index < -0.39 is 17.9 Å². The number of aromatic hydroxyl groups is 1. The van der Waals surface area contributed by atoms with Crippen LogP contribution in [0.3, 0.4) is 0 Å². The maximum Gasteiger partial charge on any atom is 0.355 e. The molecule has 1 aliphatic rings.